The summed E-state index contributed by atoms with van der Waals surface area (Å²) in [7, 11) is 2.12. The van der Waals surface area contributed by atoms with Gasteiger partial charge in [0.15, 0.2) is 0 Å². The van der Waals surface area contributed by atoms with Crippen molar-refractivity contribution in [3.8, 4) is 0 Å². The Morgan fingerprint density at radius 2 is 1.27 bits per heavy atom. The van der Waals surface area contributed by atoms with Crippen LogP contribution in [0, 0.1) is 0 Å². The Hall–Kier alpha value is -2.38. The van der Waals surface area contributed by atoms with E-state index >= 15 is 0 Å². The second-order valence-corrected chi connectivity index (χ2v) is 7.17. The van der Waals surface area contributed by atoms with Crippen LogP contribution in [-0.4, -0.2) is 49.9 Å². The van der Waals surface area contributed by atoms with Gasteiger partial charge in [-0.15, -0.1) is 0 Å². The van der Waals surface area contributed by atoms with Crippen LogP contribution in [0.25, 0.3) is 0 Å². The van der Waals surface area contributed by atoms with Gasteiger partial charge < -0.3 is 20.4 Å². The van der Waals surface area contributed by atoms with Crippen LogP contribution < -0.4 is 15.5 Å². The normalized spacial score (nSPS) is 14.8. The summed E-state index contributed by atoms with van der Waals surface area (Å²) in [4.78, 5) is 28.7. The first-order valence-corrected chi connectivity index (χ1v) is 9.22. The molecule has 2 aromatic rings. The molecule has 1 aliphatic rings. The molecule has 6 nitrogen and oxygen atoms in total. The number of piperazine rings is 1. The second kappa shape index (κ2) is 8.33. The van der Waals surface area contributed by atoms with Crippen molar-refractivity contribution < 1.29 is 9.59 Å². The van der Waals surface area contributed by atoms with Crippen molar-refractivity contribution in [3.05, 3.63) is 53.0 Å². The summed E-state index contributed by atoms with van der Waals surface area (Å²) >= 11 is 3.32. The van der Waals surface area contributed by atoms with Crippen LogP contribution in [0.4, 0.5) is 17.1 Å². The van der Waals surface area contributed by atoms with E-state index in [2.05, 4.69) is 43.4 Å². The van der Waals surface area contributed by atoms with E-state index in [1.807, 2.05) is 24.3 Å². The van der Waals surface area contributed by atoms with Crippen LogP contribution in [0.3, 0.4) is 0 Å². The van der Waals surface area contributed by atoms with Gasteiger partial charge in [-0.3, -0.25) is 9.59 Å². The van der Waals surface area contributed by atoms with E-state index in [0.29, 0.717) is 11.4 Å². The standard InChI is InChI=1S/C19H21BrN4O2/c1-23-10-12-24(13-11-23)17-8-6-16(7-9-17)22-19(26)18(25)21-15-4-2-14(20)3-5-15/h2-9H,10-13H2,1H3,(H,21,25)(H,22,26). The third-order valence-corrected chi connectivity index (χ3v) is 4.83. The average Bonchev–Trinajstić information content (AvgIpc) is 2.65. The number of nitrogens with one attached hydrogen (secondary N) is 2. The lowest BCUT2D eigenvalue weighted by Crippen LogP contribution is -2.44. The van der Waals surface area contributed by atoms with Crippen LogP contribution in [0.15, 0.2) is 53.0 Å². The highest BCUT2D eigenvalue weighted by atomic mass is 79.9. The molecule has 2 N–H and O–H groups in total. The molecule has 0 unspecified atom stereocenters. The molecule has 26 heavy (non-hydrogen) atoms. The fourth-order valence-corrected chi connectivity index (χ4v) is 2.99. The monoisotopic (exact) mass is 416 g/mol. The zero-order valence-electron chi connectivity index (χ0n) is 14.5. The van der Waals surface area contributed by atoms with Crippen molar-refractivity contribution in [2.45, 2.75) is 0 Å². The van der Waals surface area contributed by atoms with Gasteiger partial charge in [-0.25, -0.2) is 0 Å². The Morgan fingerprint density at radius 3 is 1.77 bits per heavy atom. The summed E-state index contributed by atoms with van der Waals surface area (Å²) in [5.41, 5.74) is 2.29. The van der Waals surface area contributed by atoms with Crippen molar-refractivity contribution in [2.75, 3.05) is 48.8 Å². The van der Waals surface area contributed by atoms with E-state index in [-0.39, 0.29) is 0 Å². The highest BCUT2D eigenvalue weighted by molar-refractivity contribution is 9.10. The number of benzene rings is 2. The molecular weight excluding hydrogens is 396 g/mol. The highest BCUT2D eigenvalue weighted by Crippen LogP contribution is 2.19. The summed E-state index contributed by atoms with van der Waals surface area (Å²) in [5, 5.41) is 5.20. The minimum atomic E-state index is -0.699. The lowest BCUT2D eigenvalue weighted by atomic mass is 10.2. The van der Waals surface area contributed by atoms with Crippen molar-refractivity contribution in [3.63, 3.8) is 0 Å². The smallest absolute Gasteiger partial charge is 0.314 e. The van der Waals surface area contributed by atoms with Gasteiger partial charge in [-0.05, 0) is 55.6 Å². The van der Waals surface area contributed by atoms with Crippen LogP contribution in [0.2, 0.25) is 0 Å². The summed E-state index contributed by atoms with van der Waals surface area (Å²) in [5.74, 6) is -1.39. The van der Waals surface area contributed by atoms with Crippen LogP contribution in [0.5, 0.6) is 0 Å². The molecule has 1 fully saturated rings. The first kappa shape index (κ1) is 18.4. The fourth-order valence-electron chi connectivity index (χ4n) is 2.73. The maximum absolute atomic E-state index is 12.1. The second-order valence-electron chi connectivity index (χ2n) is 6.25. The minimum Gasteiger partial charge on any atom is -0.369 e. The van der Waals surface area contributed by atoms with E-state index in [0.717, 1.165) is 36.3 Å². The molecule has 1 aliphatic heterocycles. The number of carbonyl (C=O) groups excluding carboxylic acids is 2. The minimum absolute atomic E-state index is 0.568. The number of hydrogen-bond donors (Lipinski definition) is 2. The summed E-state index contributed by atoms with van der Waals surface area (Å²) in [6.07, 6.45) is 0. The van der Waals surface area contributed by atoms with Crippen molar-refractivity contribution in [1.82, 2.24) is 4.90 Å². The average molecular weight is 417 g/mol. The third kappa shape index (κ3) is 4.83. The Kier molecular flexibility index (Phi) is 5.90. The molecule has 0 spiro atoms. The summed E-state index contributed by atoms with van der Waals surface area (Å²) in [6.45, 7) is 4.04. The van der Waals surface area contributed by atoms with Crippen LogP contribution in [-0.2, 0) is 9.59 Å². The number of likely N-dealkylation sites (N-methyl/N-ethyl adjacent to an activating group) is 1. The molecule has 136 valence electrons. The van der Waals surface area contributed by atoms with E-state index < -0.39 is 11.8 Å². The van der Waals surface area contributed by atoms with Crippen molar-refractivity contribution in [1.29, 1.82) is 0 Å². The molecule has 0 aromatic heterocycles. The zero-order valence-corrected chi connectivity index (χ0v) is 16.1. The van der Waals surface area contributed by atoms with E-state index in [4.69, 9.17) is 0 Å². The number of rotatable bonds is 3. The lowest BCUT2D eigenvalue weighted by molar-refractivity contribution is -0.132. The van der Waals surface area contributed by atoms with E-state index in [1.54, 1.807) is 24.3 Å². The van der Waals surface area contributed by atoms with Gasteiger partial charge in [0, 0.05) is 47.7 Å². The van der Waals surface area contributed by atoms with E-state index in [9.17, 15) is 9.59 Å². The van der Waals surface area contributed by atoms with Gasteiger partial charge in [-0.2, -0.15) is 0 Å². The van der Waals surface area contributed by atoms with Crippen LogP contribution in [0.1, 0.15) is 0 Å². The Labute approximate surface area is 161 Å². The van der Waals surface area contributed by atoms with E-state index in [1.165, 1.54) is 0 Å². The van der Waals surface area contributed by atoms with Gasteiger partial charge in [0.25, 0.3) is 0 Å². The third-order valence-electron chi connectivity index (χ3n) is 4.30. The van der Waals surface area contributed by atoms with Gasteiger partial charge in [0.1, 0.15) is 0 Å². The van der Waals surface area contributed by atoms with Crippen molar-refractivity contribution in [2.24, 2.45) is 0 Å². The number of carbonyl (C=O) groups is 2. The number of nitrogens with zero attached hydrogens (tertiary/aromatic N) is 2. The Balaban J connectivity index is 1.55. The van der Waals surface area contributed by atoms with Crippen LogP contribution >= 0.6 is 15.9 Å². The topological polar surface area (TPSA) is 64.7 Å². The molecule has 0 aliphatic carbocycles. The zero-order chi connectivity index (χ0) is 18.5. The molecule has 2 amide bonds. The number of amides is 2. The van der Waals surface area contributed by atoms with Gasteiger partial charge in [0.05, 0.1) is 0 Å². The van der Waals surface area contributed by atoms with Crippen molar-refractivity contribution >= 4 is 44.8 Å². The fraction of sp³-hybridized carbons (Fsp3) is 0.263. The van der Waals surface area contributed by atoms with Gasteiger partial charge >= 0.3 is 11.8 Å². The molecule has 0 bridgehead atoms. The predicted molar refractivity (Wildman–Crippen MR) is 108 cm³/mol. The molecule has 3 rings (SSSR count). The summed E-state index contributed by atoms with van der Waals surface area (Å²) in [6, 6.07) is 14.6. The lowest BCUT2D eigenvalue weighted by Gasteiger charge is -2.34. The number of halogens is 1. The molecular formula is C19H21BrN4O2. The molecule has 1 heterocycles. The molecule has 0 saturated carbocycles. The number of anilines is 3. The molecule has 7 heteroatoms. The van der Waals surface area contributed by atoms with Gasteiger partial charge in [0.2, 0.25) is 0 Å². The number of hydrogen-bond acceptors (Lipinski definition) is 4. The molecule has 0 atom stereocenters. The Morgan fingerprint density at radius 1 is 0.808 bits per heavy atom. The predicted octanol–water partition coefficient (Wildman–Crippen LogP) is 2.78. The molecule has 0 radical (unpaired) electrons. The Bertz CT molecular complexity index is 769. The maximum Gasteiger partial charge on any atom is 0.314 e. The molecule has 2 aromatic carbocycles. The SMILES string of the molecule is CN1CCN(c2ccc(NC(=O)C(=O)Nc3ccc(Br)cc3)cc2)CC1. The van der Waals surface area contributed by atoms with Gasteiger partial charge in [-0.1, -0.05) is 15.9 Å². The molecule has 1 saturated heterocycles. The summed E-state index contributed by atoms with van der Waals surface area (Å²) < 4.78 is 0.903. The first-order chi connectivity index (χ1) is 12.5. The maximum atomic E-state index is 12.1. The largest absolute Gasteiger partial charge is 0.369 e. The first-order valence-electron chi connectivity index (χ1n) is 8.43. The quantitative estimate of drug-likeness (QED) is 0.754. The highest BCUT2D eigenvalue weighted by Gasteiger charge is 2.16.